The fourth-order valence-corrected chi connectivity index (χ4v) is 4.07. The van der Waals surface area contributed by atoms with Gasteiger partial charge in [0.05, 0.1) is 11.4 Å². The van der Waals surface area contributed by atoms with Crippen molar-refractivity contribution in [1.82, 2.24) is 9.80 Å². The van der Waals surface area contributed by atoms with Crippen LogP contribution in [0.2, 0.25) is 4.34 Å². The maximum atomic E-state index is 12.7. The average Bonchev–Trinajstić information content (AvgIpc) is 3.06. The van der Waals surface area contributed by atoms with Gasteiger partial charge in [0, 0.05) is 43.2 Å². The van der Waals surface area contributed by atoms with Crippen LogP contribution in [-0.4, -0.2) is 55.6 Å². The fourth-order valence-electron chi connectivity index (χ4n) is 2.94. The van der Waals surface area contributed by atoms with E-state index in [1.807, 2.05) is 12.1 Å². The second-order valence-corrected chi connectivity index (χ2v) is 7.82. The summed E-state index contributed by atoms with van der Waals surface area (Å²) in [7, 11) is 1.34. The normalized spacial score (nSPS) is 15.2. The quantitative estimate of drug-likeness (QED) is 0.714. The van der Waals surface area contributed by atoms with Crippen molar-refractivity contribution in [1.29, 1.82) is 0 Å². The summed E-state index contributed by atoms with van der Waals surface area (Å²) >= 11 is 7.52. The summed E-state index contributed by atoms with van der Waals surface area (Å²) in [6.07, 6.45) is 0. The number of carbonyl (C=O) groups excluding carboxylic acids is 1. The first-order valence-electron chi connectivity index (χ1n) is 8.35. The lowest BCUT2D eigenvalue weighted by Crippen LogP contribution is -2.48. The lowest BCUT2D eigenvalue weighted by Gasteiger charge is -2.34. The zero-order valence-corrected chi connectivity index (χ0v) is 16.2. The monoisotopic (exact) mass is 416 g/mol. The minimum Gasteiger partial charge on any atom is -0.493 e. The van der Waals surface area contributed by atoms with Crippen molar-refractivity contribution >= 4 is 28.8 Å². The van der Waals surface area contributed by atoms with Crippen molar-refractivity contribution in [3.8, 4) is 11.5 Å². The van der Waals surface area contributed by atoms with Crippen LogP contribution in [-0.2, 0) is 6.54 Å². The minimum absolute atomic E-state index is 0.0940. The number of nitrogens with zero attached hydrogens (tertiary/aromatic N) is 2. The van der Waals surface area contributed by atoms with Crippen molar-refractivity contribution in [2.75, 3.05) is 33.3 Å². The van der Waals surface area contributed by atoms with Gasteiger partial charge in [-0.05, 0) is 30.3 Å². The van der Waals surface area contributed by atoms with E-state index in [1.54, 1.807) is 16.2 Å². The molecule has 1 aromatic heterocycles. The molecule has 0 aliphatic carbocycles. The van der Waals surface area contributed by atoms with Gasteiger partial charge in [0.2, 0.25) is 0 Å². The van der Waals surface area contributed by atoms with Gasteiger partial charge in [0.1, 0.15) is 0 Å². The SMILES string of the molecule is COc1cc(C(=O)N2CCN(Cc3ccc(Cl)s3)CC2)ccc1OC(F)F. The highest BCUT2D eigenvalue weighted by Gasteiger charge is 2.23. The predicted molar refractivity (Wildman–Crippen MR) is 100 cm³/mol. The first-order valence-corrected chi connectivity index (χ1v) is 9.54. The van der Waals surface area contributed by atoms with Gasteiger partial charge in [-0.3, -0.25) is 9.69 Å². The molecular formula is C18H19ClF2N2O3S. The lowest BCUT2D eigenvalue weighted by molar-refractivity contribution is -0.0512. The molecule has 0 N–H and O–H groups in total. The first kappa shape index (κ1) is 19.9. The Bertz CT molecular complexity index is 795. The number of ether oxygens (including phenoxy) is 2. The Hall–Kier alpha value is -1.90. The van der Waals surface area contributed by atoms with Crippen LogP contribution in [0.1, 0.15) is 15.2 Å². The summed E-state index contributed by atoms with van der Waals surface area (Å²) < 4.78 is 35.1. The Kier molecular flexibility index (Phi) is 6.51. The molecular weight excluding hydrogens is 398 g/mol. The van der Waals surface area contributed by atoms with Crippen LogP contribution in [0.5, 0.6) is 11.5 Å². The molecule has 5 nitrogen and oxygen atoms in total. The number of carbonyl (C=O) groups is 1. The molecule has 2 aromatic rings. The molecule has 2 heterocycles. The number of halogens is 3. The first-order chi connectivity index (χ1) is 13.0. The topological polar surface area (TPSA) is 42.0 Å². The molecule has 0 radical (unpaired) electrons. The van der Waals surface area contributed by atoms with Gasteiger partial charge in [-0.2, -0.15) is 8.78 Å². The van der Waals surface area contributed by atoms with Gasteiger partial charge in [-0.15, -0.1) is 11.3 Å². The summed E-state index contributed by atoms with van der Waals surface area (Å²) in [5, 5.41) is 0. The molecule has 1 aromatic carbocycles. The molecule has 1 aliphatic heterocycles. The second-order valence-electron chi connectivity index (χ2n) is 6.02. The highest BCUT2D eigenvalue weighted by Crippen LogP contribution is 2.30. The fraction of sp³-hybridized carbons (Fsp3) is 0.389. The van der Waals surface area contributed by atoms with Crippen LogP contribution in [0, 0.1) is 0 Å². The Labute approximate surface area is 165 Å². The third kappa shape index (κ3) is 5.09. The van der Waals surface area contributed by atoms with Crippen molar-refractivity contribution in [2.45, 2.75) is 13.2 Å². The third-order valence-corrected chi connectivity index (χ3v) is 5.51. The zero-order chi connectivity index (χ0) is 19.4. The van der Waals surface area contributed by atoms with Gasteiger partial charge in [0.15, 0.2) is 11.5 Å². The number of hydrogen-bond acceptors (Lipinski definition) is 5. The molecule has 1 fully saturated rings. The number of hydrogen-bond donors (Lipinski definition) is 0. The van der Waals surface area contributed by atoms with E-state index in [2.05, 4.69) is 9.64 Å². The molecule has 0 spiro atoms. The molecule has 0 saturated carbocycles. The van der Waals surface area contributed by atoms with Gasteiger partial charge in [-0.1, -0.05) is 11.6 Å². The van der Waals surface area contributed by atoms with Crippen LogP contribution in [0.15, 0.2) is 30.3 Å². The lowest BCUT2D eigenvalue weighted by atomic mass is 10.1. The van der Waals surface area contributed by atoms with Crippen LogP contribution in [0.4, 0.5) is 8.78 Å². The number of alkyl halides is 2. The Balaban J connectivity index is 1.60. The summed E-state index contributed by atoms with van der Waals surface area (Å²) in [4.78, 5) is 17.9. The van der Waals surface area contributed by atoms with E-state index in [0.29, 0.717) is 18.7 Å². The molecule has 3 rings (SSSR count). The number of piperazine rings is 1. The molecule has 0 bridgehead atoms. The molecule has 1 saturated heterocycles. The van der Waals surface area contributed by atoms with E-state index >= 15 is 0 Å². The maximum Gasteiger partial charge on any atom is 0.387 e. The van der Waals surface area contributed by atoms with Crippen LogP contribution >= 0.6 is 22.9 Å². The standard InChI is InChI=1S/C18H19ClF2N2O3S/c1-25-15-10-12(2-4-14(15)26-18(20)21)17(24)23-8-6-22(7-9-23)11-13-3-5-16(19)27-13/h2-5,10,18H,6-9,11H2,1H3. The van der Waals surface area contributed by atoms with Gasteiger partial charge in [0.25, 0.3) is 5.91 Å². The van der Waals surface area contributed by atoms with E-state index in [4.69, 9.17) is 16.3 Å². The molecule has 1 aliphatic rings. The number of thiophene rings is 1. The molecule has 146 valence electrons. The maximum absolute atomic E-state index is 12.7. The molecule has 1 amide bonds. The third-order valence-electron chi connectivity index (χ3n) is 4.29. The second kappa shape index (κ2) is 8.86. The van der Waals surface area contributed by atoms with Crippen molar-refractivity contribution in [3.05, 3.63) is 45.1 Å². The molecule has 9 heteroatoms. The largest absolute Gasteiger partial charge is 0.493 e. The Morgan fingerprint density at radius 1 is 1.19 bits per heavy atom. The number of amides is 1. The van der Waals surface area contributed by atoms with Crippen LogP contribution in [0.25, 0.3) is 0 Å². The van der Waals surface area contributed by atoms with E-state index in [-0.39, 0.29) is 17.4 Å². The molecule has 0 unspecified atom stereocenters. The minimum atomic E-state index is -2.95. The smallest absolute Gasteiger partial charge is 0.387 e. The Morgan fingerprint density at radius 3 is 2.52 bits per heavy atom. The van der Waals surface area contributed by atoms with E-state index in [1.165, 1.54) is 30.2 Å². The van der Waals surface area contributed by atoms with Crippen LogP contribution < -0.4 is 9.47 Å². The predicted octanol–water partition coefficient (Wildman–Crippen LogP) is 3.97. The van der Waals surface area contributed by atoms with E-state index in [9.17, 15) is 13.6 Å². The molecule has 27 heavy (non-hydrogen) atoms. The van der Waals surface area contributed by atoms with E-state index < -0.39 is 6.61 Å². The van der Waals surface area contributed by atoms with Crippen molar-refractivity contribution in [3.63, 3.8) is 0 Å². The number of rotatable bonds is 6. The van der Waals surface area contributed by atoms with Crippen molar-refractivity contribution in [2.24, 2.45) is 0 Å². The zero-order valence-electron chi connectivity index (χ0n) is 14.7. The highest BCUT2D eigenvalue weighted by atomic mass is 35.5. The highest BCUT2D eigenvalue weighted by molar-refractivity contribution is 7.16. The molecule has 0 atom stereocenters. The number of methoxy groups -OCH3 is 1. The van der Waals surface area contributed by atoms with Gasteiger partial charge < -0.3 is 14.4 Å². The average molecular weight is 417 g/mol. The van der Waals surface area contributed by atoms with Gasteiger partial charge in [-0.25, -0.2) is 0 Å². The van der Waals surface area contributed by atoms with Crippen LogP contribution in [0.3, 0.4) is 0 Å². The van der Waals surface area contributed by atoms with E-state index in [0.717, 1.165) is 24.0 Å². The van der Waals surface area contributed by atoms with Crippen molar-refractivity contribution < 1.29 is 23.0 Å². The summed E-state index contributed by atoms with van der Waals surface area (Å²) in [6.45, 7) is 0.556. The van der Waals surface area contributed by atoms with Gasteiger partial charge >= 0.3 is 6.61 Å². The summed E-state index contributed by atoms with van der Waals surface area (Å²) in [5.41, 5.74) is 0.381. The summed E-state index contributed by atoms with van der Waals surface area (Å²) in [6, 6.07) is 8.13. The number of benzene rings is 1. The summed E-state index contributed by atoms with van der Waals surface area (Å²) in [5.74, 6) is -0.145. The Morgan fingerprint density at radius 2 is 1.93 bits per heavy atom.